The highest BCUT2D eigenvalue weighted by molar-refractivity contribution is 5.76. The Morgan fingerprint density at radius 1 is 0.398 bits per heavy atom. The zero-order valence-electron chi connectivity index (χ0n) is 74.9. The first-order valence-corrected chi connectivity index (χ1v) is 45.2. The van der Waals surface area contributed by atoms with Gasteiger partial charge in [0.1, 0.15) is 36.6 Å². The van der Waals surface area contributed by atoms with Crippen LogP contribution in [0.2, 0.25) is 0 Å². The van der Waals surface area contributed by atoms with E-state index in [1.165, 1.54) is 14.2 Å². The number of amides is 3. The minimum Gasteiger partial charge on any atom is -0.458 e. The number of methoxy groups -OCH3 is 2. The lowest BCUT2D eigenvalue weighted by molar-refractivity contribution is -0.769. The Bertz CT molecular complexity index is 3620. The van der Waals surface area contributed by atoms with E-state index in [1.807, 2.05) is 173 Å². The van der Waals surface area contributed by atoms with Crippen LogP contribution in [0, 0.1) is 65.9 Å². The smallest absolute Gasteiger partial charge is 0.306 e. The number of benzene rings is 3. The van der Waals surface area contributed by atoms with Crippen LogP contribution < -0.4 is 16.0 Å². The van der Waals surface area contributed by atoms with Crippen molar-refractivity contribution in [3.8, 4) is 0 Å². The molecule has 0 bridgehead atoms. The monoisotopic (exact) mass is 1800 g/mol. The molecule has 0 aromatic heterocycles. The quantitative estimate of drug-likeness (QED) is 0.00633. The summed E-state index contributed by atoms with van der Waals surface area (Å²) in [6.45, 7) is 9.19. The van der Waals surface area contributed by atoms with E-state index in [4.69, 9.17) is 23.7 Å². The highest BCUT2D eigenvalue weighted by atomic mass is 17.0. The molecule has 0 radical (unpaired) electrons. The summed E-state index contributed by atoms with van der Waals surface area (Å²) in [6, 6.07) is 29.5. The molecule has 6 rings (SSSR count). The lowest BCUT2D eigenvalue weighted by atomic mass is 9.89. The summed E-state index contributed by atoms with van der Waals surface area (Å²) in [4.78, 5) is 118. The van der Waals surface area contributed by atoms with Crippen molar-refractivity contribution in [1.82, 2.24) is 16.0 Å². The molecule has 3 aliphatic carbocycles. The Labute approximate surface area is 755 Å². The maximum atomic E-state index is 12.7. The van der Waals surface area contributed by atoms with Gasteiger partial charge in [0.2, 0.25) is 17.7 Å². The van der Waals surface area contributed by atoms with Crippen molar-refractivity contribution in [1.29, 1.82) is 0 Å². The number of ether oxygens (including phenoxy) is 5. The molecule has 716 valence electrons. The van der Waals surface area contributed by atoms with Crippen LogP contribution in [0.3, 0.4) is 0 Å². The van der Waals surface area contributed by atoms with E-state index in [0.717, 1.165) is 55.2 Å². The number of aliphatic hydroxyl groups is 6. The molecule has 3 amide bonds. The summed E-state index contributed by atoms with van der Waals surface area (Å²) in [6.07, 6.45) is 29.5. The third-order valence-electron chi connectivity index (χ3n) is 22.3. The van der Waals surface area contributed by atoms with E-state index >= 15 is 0 Å². The molecule has 0 spiro atoms. The van der Waals surface area contributed by atoms with Crippen LogP contribution in [0.1, 0.15) is 225 Å². The summed E-state index contributed by atoms with van der Waals surface area (Å²) in [5.74, 6) is -2.58. The van der Waals surface area contributed by atoms with Crippen LogP contribution in [0.4, 0.5) is 0 Å². The SMILES string of the molecule is C.CCNC(=O)CCC/C=C\C[C@@H]1[C@@H](/C=C/[C@H](CCc2ccccc2)OC(=O)CCC[C@@H](C)O[N+](=O)[O-])[C@H](O)C[C@@H]1O.CCNC(=O)CCC/C=C\C[C@@H]1[C@@H](/C=C/[C@H](CCc2ccccc2)OC(=O)CCC[C@@H](COC)O[N+](=O)[O-])[C@H](O)C[C@@H]1O.CCNC(=O)CCC/C=C\C[C@@H]1[C@@H](/C=C/[C@H](CCc2ccccc2)OC(=O)CCC[C@H](COC)O[N+](=O)[O-])[C@H](O)C[C@@H]1O. The van der Waals surface area contributed by atoms with Crippen LogP contribution in [0.25, 0.3) is 0 Å². The molecule has 9 N–H and O–H groups in total. The van der Waals surface area contributed by atoms with Gasteiger partial charge in [0.15, 0.2) is 0 Å². The van der Waals surface area contributed by atoms with E-state index in [0.29, 0.717) is 122 Å². The molecule has 3 saturated carbocycles. The molecule has 32 nitrogen and oxygen atoms in total. The molecule has 3 aliphatic rings. The number of aliphatic hydroxyl groups excluding tert-OH is 6. The number of allylic oxidation sites excluding steroid dienone is 6. The van der Waals surface area contributed by atoms with Gasteiger partial charge in [-0.2, -0.15) is 0 Å². The Morgan fingerprint density at radius 3 is 0.945 bits per heavy atom. The van der Waals surface area contributed by atoms with Gasteiger partial charge in [-0.05, 0) is 215 Å². The fourth-order valence-corrected chi connectivity index (χ4v) is 15.7. The average molecular weight is 1800 g/mol. The number of carbonyl (C=O) groups excluding carboxylic acids is 6. The third kappa shape index (κ3) is 49.7. The van der Waals surface area contributed by atoms with E-state index in [-0.39, 0.29) is 125 Å². The minimum absolute atomic E-state index is 0. The zero-order chi connectivity index (χ0) is 92.9. The van der Waals surface area contributed by atoms with Gasteiger partial charge in [0.25, 0.3) is 15.3 Å². The van der Waals surface area contributed by atoms with Crippen LogP contribution >= 0.6 is 0 Å². The molecule has 3 aromatic carbocycles. The Kier molecular flexibility index (Phi) is 59.2. The second kappa shape index (κ2) is 67.4. The van der Waals surface area contributed by atoms with Crippen molar-refractivity contribution in [2.45, 2.75) is 301 Å². The van der Waals surface area contributed by atoms with Gasteiger partial charge in [-0.1, -0.05) is 153 Å². The summed E-state index contributed by atoms with van der Waals surface area (Å²) in [7, 11) is 2.85. The molecule has 18 atom stereocenters. The first-order valence-electron chi connectivity index (χ1n) is 45.2. The van der Waals surface area contributed by atoms with E-state index in [2.05, 4.69) is 30.5 Å². The predicted molar refractivity (Wildman–Crippen MR) is 484 cm³/mol. The lowest BCUT2D eigenvalue weighted by Gasteiger charge is -2.21. The minimum atomic E-state index is -0.863. The van der Waals surface area contributed by atoms with Crippen molar-refractivity contribution in [3.63, 3.8) is 0 Å². The zero-order valence-corrected chi connectivity index (χ0v) is 74.9. The maximum absolute atomic E-state index is 12.7. The number of esters is 3. The van der Waals surface area contributed by atoms with Crippen molar-refractivity contribution in [3.05, 3.63) is 211 Å². The number of hydrogen-bond acceptors (Lipinski definition) is 26. The topological polar surface area (TPSA) is 463 Å². The van der Waals surface area contributed by atoms with Gasteiger partial charge >= 0.3 is 17.9 Å². The lowest BCUT2D eigenvalue weighted by Crippen LogP contribution is -2.23. The highest BCUT2D eigenvalue weighted by Gasteiger charge is 2.42. The summed E-state index contributed by atoms with van der Waals surface area (Å²) in [5.41, 5.74) is 3.31. The fourth-order valence-electron chi connectivity index (χ4n) is 15.7. The number of rotatable bonds is 61. The number of nitrogens with one attached hydrogen (secondary N) is 3. The van der Waals surface area contributed by atoms with Crippen molar-refractivity contribution in [2.24, 2.45) is 35.5 Å². The van der Waals surface area contributed by atoms with Gasteiger partial charge < -0.3 is 84.8 Å². The number of carbonyl (C=O) groups is 6. The van der Waals surface area contributed by atoms with Gasteiger partial charge in [-0.3, -0.25) is 28.8 Å². The number of hydrogen-bond donors (Lipinski definition) is 9. The number of nitrogens with zero attached hydrogens (tertiary/aromatic N) is 3. The van der Waals surface area contributed by atoms with Gasteiger partial charge in [-0.15, -0.1) is 30.3 Å². The molecule has 128 heavy (non-hydrogen) atoms. The predicted octanol–water partition coefficient (Wildman–Crippen LogP) is 13.3. The summed E-state index contributed by atoms with van der Waals surface area (Å²) >= 11 is 0. The molecular formula is C96H146N6O26. The first-order chi connectivity index (χ1) is 61.1. The molecule has 0 aliphatic heterocycles. The molecule has 32 heteroatoms. The number of aryl methyl sites for hydroxylation is 3. The van der Waals surface area contributed by atoms with E-state index in [9.17, 15) is 89.7 Å². The first kappa shape index (κ1) is 112. The summed E-state index contributed by atoms with van der Waals surface area (Å²) in [5, 5.41) is 102. The maximum Gasteiger partial charge on any atom is 0.306 e. The Morgan fingerprint density at radius 2 is 0.680 bits per heavy atom. The molecule has 3 fully saturated rings. The van der Waals surface area contributed by atoms with Gasteiger partial charge in [0.05, 0.1) is 49.8 Å². The molecule has 0 saturated heterocycles. The van der Waals surface area contributed by atoms with Crippen molar-refractivity contribution < 1.29 is 113 Å². The van der Waals surface area contributed by atoms with Crippen LogP contribution in [-0.2, 0) is 86.2 Å². The number of unbranched alkanes of at least 4 members (excludes halogenated alkanes) is 3. The van der Waals surface area contributed by atoms with Crippen molar-refractivity contribution in [2.75, 3.05) is 47.1 Å². The van der Waals surface area contributed by atoms with Gasteiger partial charge in [-0.25, -0.2) is 0 Å². The second-order valence-electron chi connectivity index (χ2n) is 32.4. The molecular weight excluding hydrogens is 1650 g/mol. The van der Waals surface area contributed by atoms with E-state index in [1.54, 1.807) is 19.1 Å². The Hall–Kier alpha value is -9.80. The van der Waals surface area contributed by atoms with E-state index < -0.39 is 106 Å². The molecule has 0 unspecified atom stereocenters. The molecule has 3 aromatic rings. The average Bonchev–Trinajstić information content (AvgIpc) is 1.70. The van der Waals surface area contributed by atoms with Crippen LogP contribution in [-0.4, -0.2) is 202 Å². The van der Waals surface area contributed by atoms with Crippen LogP contribution in [0.15, 0.2) is 164 Å². The molecule has 0 heterocycles. The standard InChI is InChI=1S/2C32H48N2O9.C31H46N2O8.CH4/c2*1-3-33-31(37)16-10-5-4-9-15-27-28(30(36)22-29(27)35)21-20-25(19-18-24-12-7-6-8-13-24)42-32(38)17-11-14-26(23-41-2)43-34(39)40;1-3-32-30(36)16-10-5-4-9-15-26-27(29(35)22-28(26)34)21-20-25(19-18-24-13-7-6-8-14-24)40-31(37)17-11-12-23(2)41-33(38)39;/h2*4,6-9,12-13,20-21,25-30,35-36H,3,5,10-11,14-19,22-23H2,1-2H3,(H,33,37);4,6-9,13-14,20-21,23,25-29,34-35H,3,5,10-12,15-19,22H2,1-2H3,(H,32,36);1H4/b3*9-4-,21-20+;/t25-,26+,27+,28+,29-,30+;25-,26-,27+,28+,29-,30+;23-,25+,26-,27-,28+,29-;/m001./s1. The Balaban J connectivity index is 0.000000493. The summed E-state index contributed by atoms with van der Waals surface area (Å²) < 4.78 is 27.3. The largest absolute Gasteiger partial charge is 0.458 e. The highest BCUT2D eigenvalue weighted by Crippen LogP contribution is 2.40. The normalized spacial score (nSPS) is 21.6. The third-order valence-corrected chi connectivity index (χ3v) is 22.3. The van der Waals surface area contributed by atoms with Gasteiger partial charge in [0, 0.05) is 109 Å². The van der Waals surface area contributed by atoms with Crippen LogP contribution in [0.5, 0.6) is 0 Å². The second-order valence-corrected chi connectivity index (χ2v) is 32.4. The fraction of sp³-hybridized carbons (Fsp3) is 0.625. The van der Waals surface area contributed by atoms with Crippen molar-refractivity contribution >= 4 is 35.6 Å².